The summed E-state index contributed by atoms with van der Waals surface area (Å²) in [7, 11) is 0. The second kappa shape index (κ2) is 6.55. The number of piperidine rings is 1. The van der Waals surface area contributed by atoms with Gasteiger partial charge in [-0.2, -0.15) is 0 Å². The number of hydrogen-bond donors (Lipinski definition) is 1. The normalized spacial score (nSPS) is 23.2. The van der Waals surface area contributed by atoms with E-state index in [-0.39, 0.29) is 6.03 Å². The van der Waals surface area contributed by atoms with Gasteiger partial charge in [0.1, 0.15) is 0 Å². The highest BCUT2D eigenvalue weighted by Gasteiger charge is 2.24. The molecule has 2 amide bonds. The van der Waals surface area contributed by atoms with Gasteiger partial charge >= 0.3 is 6.03 Å². The van der Waals surface area contributed by atoms with Gasteiger partial charge in [-0.3, -0.25) is 4.98 Å². The predicted molar refractivity (Wildman–Crippen MR) is 75.9 cm³/mol. The Balaban J connectivity index is 1.75. The lowest BCUT2D eigenvalue weighted by Gasteiger charge is -2.34. The molecule has 2 heterocycles. The highest BCUT2D eigenvalue weighted by atomic mass is 16.2. The molecule has 4 nitrogen and oxygen atoms in total. The number of aromatic nitrogens is 1. The summed E-state index contributed by atoms with van der Waals surface area (Å²) in [6.45, 7) is 6.82. The maximum Gasteiger partial charge on any atom is 0.317 e. The molecule has 0 spiro atoms. The highest BCUT2D eigenvalue weighted by molar-refractivity contribution is 5.74. The number of nitrogens with one attached hydrogen (secondary N) is 1. The molecule has 1 aromatic rings. The molecule has 1 fully saturated rings. The number of carbonyl (C=O) groups excluding carboxylic acids is 1. The molecule has 0 radical (unpaired) electrons. The first-order valence-corrected chi connectivity index (χ1v) is 7.08. The van der Waals surface area contributed by atoms with E-state index < -0.39 is 0 Å². The van der Waals surface area contributed by atoms with E-state index in [9.17, 15) is 4.79 Å². The van der Waals surface area contributed by atoms with Crippen LogP contribution < -0.4 is 5.32 Å². The van der Waals surface area contributed by atoms with Crippen LogP contribution in [0.3, 0.4) is 0 Å². The molecule has 104 valence electrons. The van der Waals surface area contributed by atoms with Gasteiger partial charge < -0.3 is 10.2 Å². The SMILES string of the molecule is CC1CC(C)CN(C(=O)NCCc2ccccn2)C1. The Morgan fingerprint density at radius 1 is 1.37 bits per heavy atom. The maximum atomic E-state index is 12.1. The molecule has 2 atom stereocenters. The van der Waals surface area contributed by atoms with Crippen LogP contribution in [0.4, 0.5) is 4.79 Å². The van der Waals surface area contributed by atoms with Gasteiger partial charge in [-0.1, -0.05) is 19.9 Å². The first-order chi connectivity index (χ1) is 9.15. The fourth-order valence-corrected chi connectivity index (χ4v) is 2.78. The summed E-state index contributed by atoms with van der Waals surface area (Å²) in [6, 6.07) is 5.92. The third-order valence-electron chi connectivity index (χ3n) is 3.54. The largest absolute Gasteiger partial charge is 0.338 e. The second-order valence-corrected chi connectivity index (χ2v) is 5.65. The molecule has 2 unspecified atom stereocenters. The minimum atomic E-state index is 0.0642. The van der Waals surface area contributed by atoms with Crippen LogP contribution in [0.15, 0.2) is 24.4 Å². The van der Waals surface area contributed by atoms with Crippen molar-refractivity contribution in [2.45, 2.75) is 26.7 Å². The first-order valence-electron chi connectivity index (χ1n) is 7.08. The first kappa shape index (κ1) is 13.8. The number of pyridine rings is 1. The van der Waals surface area contributed by atoms with Crippen molar-refractivity contribution in [2.24, 2.45) is 11.8 Å². The second-order valence-electron chi connectivity index (χ2n) is 5.65. The third-order valence-corrected chi connectivity index (χ3v) is 3.54. The van der Waals surface area contributed by atoms with Crippen LogP contribution in [0.1, 0.15) is 26.0 Å². The van der Waals surface area contributed by atoms with Crippen LogP contribution in [0.25, 0.3) is 0 Å². The Kier molecular flexibility index (Phi) is 4.77. The van der Waals surface area contributed by atoms with Gasteiger partial charge in [-0.05, 0) is 30.4 Å². The zero-order valence-electron chi connectivity index (χ0n) is 11.8. The van der Waals surface area contributed by atoms with E-state index in [2.05, 4.69) is 24.1 Å². The van der Waals surface area contributed by atoms with Crippen LogP contribution >= 0.6 is 0 Å². The van der Waals surface area contributed by atoms with Crippen molar-refractivity contribution in [1.29, 1.82) is 0 Å². The number of rotatable bonds is 3. The lowest BCUT2D eigenvalue weighted by molar-refractivity contribution is 0.146. The predicted octanol–water partition coefficient (Wildman–Crippen LogP) is 2.31. The monoisotopic (exact) mass is 261 g/mol. The van der Waals surface area contributed by atoms with Crippen molar-refractivity contribution in [2.75, 3.05) is 19.6 Å². The Hall–Kier alpha value is -1.58. The molecule has 0 aliphatic carbocycles. The van der Waals surface area contributed by atoms with E-state index in [0.717, 1.165) is 25.2 Å². The van der Waals surface area contributed by atoms with Crippen molar-refractivity contribution < 1.29 is 4.79 Å². The molecular weight excluding hydrogens is 238 g/mol. The molecule has 1 N–H and O–H groups in total. The minimum Gasteiger partial charge on any atom is -0.338 e. The third kappa shape index (κ3) is 4.23. The van der Waals surface area contributed by atoms with E-state index in [1.165, 1.54) is 6.42 Å². The van der Waals surface area contributed by atoms with Gasteiger partial charge in [-0.15, -0.1) is 0 Å². The van der Waals surface area contributed by atoms with E-state index in [1.807, 2.05) is 23.1 Å². The summed E-state index contributed by atoms with van der Waals surface area (Å²) in [4.78, 5) is 18.3. The lowest BCUT2D eigenvalue weighted by Crippen LogP contribution is -2.47. The van der Waals surface area contributed by atoms with Crippen LogP contribution in [-0.2, 0) is 6.42 Å². The quantitative estimate of drug-likeness (QED) is 0.907. The molecule has 4 heteroatoms. The molecule has 2 rings (SSSR count). The van der Waals surface area contributed by atoms with Gasteiger partial charge in [-0.25, -0.2) is 4.79 Å². The van der Waals surface area contributed by atoms with Gasteiger partial charge in [0.2, 0.25) is 0 Å². The van der Waals surface area contributed by atoms with Crippen molar-refractivity contribution in [3.8, 4) is 0 Å². The van der Waals surface area contributed by atoms with Crippen molar-refractivity contribution in [3.05, 3.63) is 30.1 Å². The van der Waals surface area contributed by atoms with Crippen LogP contribution in [0.2, 0.25) is 0 Å². The summed E-state index contributed by atoms with van der Waals surface area (Å²) in [5, 5.41) is 2.99. The molecule has 0 saturated carbocycles. The van der Waals surface area contributed by atoms with E-state index >= 15 is 0 Å². The van der Waals surface area contributed by atoms with Crippen LogP contribution in [-0.4, -0.2) is 35.5 Å². The molecule has 0 bridgehead atoms. The Bertz CT molecular complexity index is 397. The average molecular weight is 261 g/mol. The van der Waals surface area contributed by atoms with Gasteiger partial charge in [0, 0.05) is 37.9 Å². The Morgan fingerprint density at radius 3 is 2.74 bits per heavy atom. The summed E-state index contributed by atoms with van der Waals surface area (Å²) in [6.07, 6.45) is 3.79. The number of amides is 2. The van der Waals surface area contributed by atoms with Crippen LogP contribution in [0.5, 0.6) is 0 Å². The number of carbonyl (C=O) groups is 1. The van der Waals surface area contributed by atoms with E-state index in [1.54, 1.807) is 6.20 Å². The summed E-state index contributed by atoms with van der Waals surface area (Å²) in [5.41, 5.74) is 1.02. The van der Waals surface area contributed by atoms with Crippen molar-refractivity contribution in [1.82, 2.24) is 15.2 Å². The highest BCUT2D eigenvalue weighted by Crippen LogP contribution is 2.20. The van der Waals surface area contributed by atoms with Crippen molar-refractivity contribution >= 4 is 6.03 Å². The standard InChI is InChI=1S/C15H23N3O/c1-12-9-13(2)11-18(10-12)15(19)17-8-6-14-5-3-4-7-16-14/h3-5,7,12-13H,6,8-11H2,1-2H3,(H,17,19). The number of nitrogens with zero attached hydrogens (tertiary/aromatic N) is 2. The topological polar surface area (TPSA) is 45.2 Å². The lowest BCUT2D eigenvalue weighted by atomic mass is 9.92. The smallest absolute Gasteiger partial charge is 0.317 e. The van der Waals surface area contributed by atoms with Crippen molar-refractivity contribution in [3.63, 3.8) is 0 Å². The number of likely N-dealkylation sites (tertiary alicyclic amines) is 1. The van der Waals surface area contributed by atoms with Gasteiger partial charge in [0.15, 0.2) is 0 Å². The summed E-state index contributed by atoms with van der Waals surface area (Å²) in [5.74, 6) is 1.20. The summed E-state index contributed by atoms with van der Waals surface area (Å²) >= 11 is 0. The fourth-order valence-electron chi connectivity index (χ4n) is 2.78. The zero-order chi connectivity index (χ0) is 13.7. The Morgan fingerprint density at radius 2 is 2.11 bits per heavy atom. The molecule has 1 saturated heterocycles. The average Bonchev–Trinajstić information content (AvgIpc) is 2.38. The van der Waals surface area contributed by atoms with E-state index in [0.29, 0.717) is 18.4 Å². The molecule has 1 aliphatic rings. The number of hydrogen-bond acceptors (Lipinski definition) is 2. The Labute approximate surface area is 115 Å². The van der Waals surface area contributed by atoms with E-state index in [4.69, 9.17) is 0 Å². The zero-order valence-corrected chi connectivity index (χ0v) is 11.8. The molecular formula is C15H23N3O. The fraction of sp³-hybridized carbons (Fsp3) is 0.600. The number of urea groups is 1. The molecule has 0 aromatic carbocycles. The maximum absolute atomic E-state index is 12.1. The van der Waals surface area contributed by atoms with Gasteiger partial charge in [0.25, 0.3) is 0 Å². The van der Waals surface area contributed by atoms with Crippen LogP contribution in [0, 0.1) is 11.8 Å². The molecule has 19 heavy (non-hydrogen) atoms. The molecule has 1 aliphatic heterocycles. The summed E-state index contributed by atoms with van der Waals surface area (Å²) < 4.78 is 0. The minimum absolute atomic E-state index is 0.0642. The molecule has 1 aromatic heterocycles. The van der Waals surface area contributed by atoms with Gasteiger partial charge in [0.05, 0.1) is 0 Å².